The Bertz CT molecular complexity index is 985. The maximum Gasteiger partial charge on any atom is 0.310 e. The summed E-state index contributed by atoms with van der Waals surface area (Å²) < 4.78 is 23.7. The van der Waals surface area contributed by atoms with Crippen molar-refractivity contribution in [1.82, 2.24) is 0 Å². The highest BCUT2D eigenvalue weighted by Crippen LogP contribution is 2.25. The number of amides is 1. The van der Waals surface area contributed by atoms with Crippen LogP contribution < -0.4 is 5.32 Å². The van der Waals surface area contributed by atoms with E-state index in [4.69, 9.17) is 20.8 Å². The molecule has 0 saturated heterocycles. The van der Waals surface area contributed by atoms with Crippen molar-refractivity contribution in [2.75, 3.05) is 11.9 Å². The van der Waals surface area contributed by atoms with Gasteiger partial charge in [0, 0.05) is 22.0 Å². The molecule has 26 heavy (non-hydrogen) atoms. The second-order valence-corrected chi connectivity index (χ2v) is 5.89. The fourth-order valence-electron chi connectivity index (χ4n) is 2.34. The molecule has 2 aromatic carbocycles. The number of hydrogen-bond donors (Lipinski definition) is 2. The van der Waals surface area contributed by atoms with Gasteiger partial charge in [-0.3, -0.25) is 9.59 Å². The fraction of sp³-hybridized carbons (Fsp3) is 0.111. The Morgan fingerprint density at radius 1 is 1.23 bits per heavy atom. The highest BCUT2D eigenvalue weighted by molar-refractivity contribution is 6.30. The summed E-state index contributed by atoms with van der Waals surface area (Å²) in [7, 11) is 0. The van der Waals surface area contributed by atoms with E-state index in [1.165, 1.54) is 30.5 Å². The highest BCUT2D eigenvalue weighted by atomic mass is 35.5. The molecule has 3 aromatic rings. The first kappa shape index (κ1) is 17.8. The molecule has 0 unspecified atom stereocenters. The number of fused-ring (bicyclic) bond motifs is 1. The third kappa shape index (κ3) is 4.12. The summed E-state index contributed by atoms with van der Waals surface area (Å²) in [6, 6.07) is 8.24. The van der Waals surface area contributed by atoms with Gasteiger partial charge in [0.2, 0.25) is 0 Å². The van der Waals surface area contributed by atoms with Crippen molar-refractivity contribution >= 4 is 40.1 Å². The van der Waals surface area contributed by atoms with E-state index in [-0.39, 0.29) is 22.9 Å². The third-order valence-corrected chi connectivity index (χ3v) is 3.78. The standard InChI is InChI=1S/C18H13ClFNO5/c19-11-1-4-14(20)15(6-11)21-17(23)9-26-18(24)5-10-8-25-16-7-12(22)2-3-13(10)16/h1-4,6-8,22H,5,9H2,(H,21,23). The van der Waals surface area contributed by atoms with E-state index in [0.717, 1.165) is 6.07 Å². The van der Waals surface area contributed by atoms with Gasteiger partial charge in [0.05, 0.1) is 18.4 Å². The summed E-state index contributed by atoms with van der Waals surface area (Å²) in [5.74, 6) is -1.95. The van der Waals surface area contributed by atoms with E-state index in [1.807, 2.05) is 0 Å². The van der Waals surface area contributed by atoms with Gasteiger partial charge in [-0.05, 0) is 30.3 Å². The second-order valence-electron chi connectivity index (χ2n) is 5.45. The number of hydrogen-bond acceptors (Lipinski definition) is 5. The van der Waals surface area contributed by atoms with Crippen LogP contribution in [0.5, 0.6) is 5.75 Å². The number of carbonyl (C=O) groups excluding carboxylic acids is 2. The Labute approximate surface area is 152 Å². The lowest BCUT2D eigenvalue weighted by Crippen LogP contribution is -2.22. The largest absolute Gasteiger partial charge is 0.508 e. The first-order valence-corrected chi connectivity index (χ1v) is 7.90. The van der Waals surface area contributed by atoms with Crippen LogP contribution in [0.4, 0.5) is 10.1 Å². The molecule has 8 heteroatoms. The van der Waals surface area contributed by atoms with Crippen LogP contribution >= 0.6 is 11.6 Å². The van der Waals surface area contributed by atoms with E-state index >= 15 is 0 Å². The first-order chi connectivity index (χ1) is 12.4. The number of ether oxygens (including phenoxy) is 1. The summed E-state index contributed by atoms with van der Waals surface area (Å²) >= 11 is 5.74. The molecule has 0 saturated carbocycles. The number of aromatic hydroxyl groups is 1. The van der Waals surface area contributed by atoms with Crippen LogP contribution in [0, 0.1) is 5.82 Å². The molecule has 0 atom stereocenters. The summed E-state index contributed by atoms with van der Waals surface area (Å²) in [6.45, 7) is -0.568. The normalized spacial score (nSPS) is 10.7. The number of phenolic OH excluding ortho intramolecular Hbond substituents is 1. The Morgan fingerprint density at radius 2 is 2.04 bits per heavy atom. The van der Waals surface area contributed by atoms with Crippen molar-refractivity contribution in [3.8, 4) is 5.75 Å². The molecule has 1 amide bonds. The lowest BCUT2D eigenvalue weighted by atomic mass is 10.1. The lowest BCUT2D eigenvalue weighted by Gasteiger charge is -2.07. The Morgan fingerprint density at radius 3 is 2.85 bits per heavy atom. The molecule has 0 bridgehead atoms. The molecule has 0 radical (unpaired) electrons. The van der Waals surface area contributed by atoms with Crippen LogP contribution in [-0.4, -0.2) is 23.6 Å². The number of nitrogens with one attached hydrogen (secondary N) is 1. The van der Waals surface area contributed by atoms with Gasteiger partial charge in [-0.15, -0.1) is 0 Å². The molecule has 1 heterocycles. The summed E-state index contributed by atoms with van der Waals surface area (Å²) in [4.78, 5) is 23.7. The summed E-state index contributed by atoms with van der Waals surface area (Å²) in [5, 5.41) is 12.6. The highest BCUT2D eigenvalue weighted by Gasteiger charge is 2.14. The van der Waals surface area contributed by atoms with Gasteiger partial charge in [-0.2, -0.15) is 0 Å². The number of carbonyl (C=O) groups is 2. The number of furan rings is 1. The molecule has 2 N–H and O–H groups in total. The zero-order valence-corrected chi connectivity index (χ0v) is 14.0. The lowest BCUT2D eigenvalue weighted by molar-refractivity contribution is -0.146. The minimum absolute atomic E-state index is 0.0471. The minimum atomic E-state index is -0.693. The number of halogens is 2. The number of phenols is 1. The predicted molar refractivity (Wildman–Crippen MR) is 92.6 cm³/mol. The number of rotatable bonds is 5. The third-order valence-electron chi connectivity index (χ3n) is 3.54. The van der Waals surface area contributed by atoms with E-state index in [1.54, 1.807) is 6.07 Å². The molecular weight excluding hydrogens is 365 g/mol. The van der Waals surface area contributed by atoms with E-state index in [9.17, 15) is 19.1 Å². The van der Waals surface area contributed by atoms with Crippen molar-refractivity contribution in [2.24, 2.45) is 0 Å². The molecule has 0 aliphatic heterocycles. The second kappa shape index (κ2) is 7.45. The van der Waals surface area contributed by atoms with Gasteiger partial charge in [0.15, 0.2) is 6.61 Å². The zero-order chi connectivity index (χ0) is 18.7. The molecule has 0 fully saturated rings. The van der Waals surface area contributed by atoms with Gasteiger partial charge in [-0.1, -0.05) is 11.6 Å². The van der Waals surface area contributed by atoms with Gasteiger partial charge in [0.1, 0.15) is 17.1 Å². The van der Waals surface area contributed by atoms with E-state index in [2.05, 4.69) is 5.32 Å². The quantitative estimate of drug-likeness (QED) is 0.662. The molecule has 1 aromatic heterocycles. The summed E-state index contributed by atoms with van der Waals surface area (Å²) in [6.07, 6.45) is 1.27. The van der Waals surface area contributed by atoms with Gasteiger partial charge in [0.25, 0.3) is 5.91 Å². The van der Waals surface area contributed by atoms with Crippen LogP contribution in [0.25, 0.3) is 11.0 Å². The van der Waals surface area contributed by atoms with Crippen molar-refractivity contribution in [1.29, 1.82) is 0 Å². The van der Waals surface area contributed by atoms with Crippen LogP contribution in [-0.2, 0) is 20.7 Å². The molecule has 0 aliphatic carbocycles. The van der Waals surface area contributed by atoms with Crippen molar-refractivity contribution in [3.63, 3.8) is 0 Å². The van der Waals surface area contributed by atoms with E-state index in [0.29, 0.717) is 16.5 Å². The van der Waals surface area contributed by atoms with Gasteiger partial charge in [-0.25, -0.2) is 4.39 Å². The molecule has 0 aliphatic rings. The SMILES string of the molecule is O=C(COC(=O)Cc1coc2cc(O)ccc12)Nc1cc(Cl)ccc1F. The molecule has 3 rings (SSSR count). The van der Waals surface area contributed by atoms with Gasteiger partial charge >= 0.3 is 5.97 Å². The Balaban J connectivity index is 1.56. The average Bonchev–Trinajstić information content (AvgIpc) is 2.98. The average molecular weight is 378 g/mol. The van der Waals surface area contributed by atoms with E-state index < -0.39 is 24.3 Å². The van der Waals surface area contributed by atoms with Crippen molar-refractivity contribution in [3.05, 3.63) is 59.1 Å². The molecule has 0 spiro atoms. The smallest absolute Gasteiger partial charge is 0.310 e. The van der Waals surface area contributed by atoms with Crippen LogP contribution in [0.2, 0.25) is 5.02 Å². The molecule has 134 valence electrons. The fourth-order valence-corrected chi connectivity index (χ4v) is 2.51. The maximum atomic E-state index is 13.5. The molecular formula is C18H13ClFNO5. The topological polar surface area (TPSA) is 88.8 Å². The number of anilines is 1. The Kier molecular flexibility index (Phi) is 5.09. The van der Waals surface area contributed by atoms with Crippen LogP contribution in [0.1, 0.15) is 5.56 Å². The van der Waals surface area contributed by atoms with Crippen molar-refractivity contribution < 1.29 is 28.2 Å². The van der Waals surface area contributed by atoms with Crippen molar-refractivity contribution in [2.45, 2.75) is 6.42 Å². The number of esters is 1. The first-order valence-electron chi connectivity index (χ1n) is 7.52. The number of benzene rings is 2. The summed E-state index contributed by atoms with van der Waals surface area (Å²) in [5.41, 5.74) is 0.896. The maximum absolute atomic E-state index is 13.5. The van der Waals surface area contributed by atoms with Gasteiger partial charge < -0.3 is 19.6 Å². The molecule has 6 nitrogen and oxygen atoms in total. The Hall–Kier alpha value is -3.06. The zero-order valence-electron chi connectivity index (χ0n) is 13.3. The van der Waals surface area contributed by atoms with Crippen LogP contribution in [0.15, 0.2) is 47.1 Å². The monoisotopic (exact) mass is 377 g/mol. The van der Waals surface area contributed by atoms with Crippen LogP contribution in [0.3, 0.4) is 0 Å². The minimum Gasteiger partial charge on any atom is -0.508 e. The predicted octanol–water partition coefficient (Wildman–Crippen LogP) is 3.66.